The highest BCUT2D eigenvalue weighted by molar-refractivity contribution is 5.80. The van der Waals surface area contributed by atoms with Crippen LogP contribution in [0.15, 0.2) is 24.3 Å². The minimum absolute atomic E-state index is 0.0358. The molecule has 1 aliphatic heterocycles. The van der Waals surface area contributed by atoms with E-state index in [0.717, 1.165) is 42.5 Å². The van der Waals surface area contributed by atoms with Crippen LogP contribution in [0, 0.1) is 11.8 Å². The number of hydrogen-bond acceptors (Lipinski definition) is 3. The number of hydrogen-bond donors (Lipinski definition) is 1. The van der Waals surface area contributed by atoms with Crippen LogP contribution in [-0.2, 0) is 11.2 Å². The van der Waals surface area contributed by atoms with E-state index in [9.17, 15) is 4.79 Å². The van der Waals surface area contributed by atoms with E-state index < -0.39 is 6.10 Å². The van der Waals surface area contributed by atoms with Crippen LogP contribution in [-0.4, -0.2) is 43.1 Å². The van der Waals surface area contributed by atoms with Crippen LogP contribution < -0.4 is 10.1 Å². The van der Waals surface area contributed by atoms with Gasteiger partial charge in [0.15, 0.2) is 6.10 Å². The van der Waals surface area contributed by atoms with E-state index in [-0.39, 0.29) is 5.91 Å². The third-order valence-corrected chi connectivity index (χ3v) is 4.92. The molecule has 1 fully saturated rings. The van der Waals surface area contributed by atoms with Crippen LogP contribution in [0.2, 0.25) is 0 Å². The van der Waals surface area contributed by atoms with E-state index in [1.54, 1.807) is 0 Å². The van der Waals surface area contributed by atoms with Gasteiger partial charge in [0.05, 0.1) is 0 Å². The van der Waals surface area contributed by atoms with Gasteiger partial charge in [0.25, 0.3) is 5.91 Å². The molecule has 0 unspecified atom stereocenters. The zero-order chi connectivity index (χ0) is 18.2. The van der Waals surface area contributed by atoms with Crippen molar-refractivity contribution in [1.82, 2.24) is 10.2 Å². The molecule has 0 aliphatic carbocycles. The van der Waals surface area contributed by atoms with Crippen molar-refractivity contribution >= 4 is 5.91 Å². The van der Waals surface area contributed by atoms with Crippen LogP contribution in [0.4, 0.5) is 0 Å². The number of rotatable bonds is 8. The lowest BCUT2D eigenvalue weighted by molar-refractivity contribution is -0.127. The van der Waals surface area contributed by atoms with Crippen molar-refractivity contribution in [2.75, 3.05) is 26.2 Å². The van der Waals surface area contributed by atoms with E-state index in [0.29, 0.717) is 6.54 Å². The van der Waals surface area contributed by atoms with Gasteiger partial charge in [-0.2, -0.15) is 0 Å². The van der Waals surface area contributed by atoms with Crippen molar-refractivity contribution in [3.8, 4) is 5.75 Å². The summed E-state index contributed by atoms with van der Waals surface area (Å²) in [5.41, 5.74) is 1.13. The van der Waals surface area contributed by atoms with Gasteiger partial charge in [-0.25, -0.2) is 0 Å². The summed E-state index contributed by atoms with van der Waals surface area (Å²) in [7, 11) is 0. The highest BCUT2D eigenvalue weighted by atomic mass is 16.5. The number of nitrogens with one attached hydrogen (secondary N) is 1. The molecule has 4 nitrogen and oxygen atoms in total. The first-order chi connectivity index (χ1) is 12.0. The van der Waals surface area contributed by atoms with Crippen LogP contribution >= 0.6 is 0 Å². The Kier molecular flexibility index (Phi) is 7.76. The molecule has 1 heterocycles. The van der Waals surface area contributed by atoms with E-state index >= 15 is 0 Å². The summed E-state index contributed by atoms with van der Waals surface area (Å²) in [5, 5.41) is 3.01. The molecule has 0 aromatic heterocycles. The number of para-hydroxylation sites is 1. The predicted molar refractivity (Wildman–Crippen MR) is 103 cm³/mol. The summed E-state index contributed by atoms with van der Waals surface area (Å²) in [5.74, 6) is 2.34. The van der Waals surface area contributed by atoms with E-state index in [1.807, 2.05) is 31.2 Å². The van der Waals surface area contributed by atoms with Gasteiger partial charge in [-0.1, -0.05) is 39.0 Å². The predicted octanol–water partition coefficient (Wildman–Crippen LogP) is 3.50. The lowest BCUT2D eigenvalue weighted by Crippen LogP contribution is -2.41. The van der Waals surface area contributed by atoms with Gasteiger partial charge in [-0.15, -0.1) is 0 Å². The summed E-state index contributed by atoms with van der Waals surface area (Å²) in [4.78, 5) is 14.8. The Morgan fingerprint density at radius 2 is 1.96 bits per heavy atom. The van der Waals surface area contributed by atoms with E-state index in [4.69, 9.17) is 4.74 Å². The SMILES string of the molecule is CCc1ccccc1O[C@@H](C)C(=O)NCCCN1C[C@H](C)C[C@H](C)C1. The van der Waals surface area contributed by atoms with Crippen molar-refractivity contribution in [2.24, 2.45) is 11.8 Å². The first kappa shape index (κ1) is 19.8. The highest BCUT2D eigenvalue weighted by Crippen LogP contribution is 2.21. The van der Waals surface area contributed by atoms with Gasteiger partial charge < -0.3 is 15.0 Å². The number of carbonyl (C=O) groups excluding carboxylic acids is 1. The molecule has 1 aromatic carbocycles. The topological polar surface area (TPSA) is 41.6 Å². The zero-order valence-corrected chi connectivity index (χ0v) is 16.3. The molecule has 4 heteroatoms. The number of piperidine rings is 1. The lowest BCUT2D eigenvalue weighted by atomic mass is 9.92. The molecule has 1 amide bonds. The average Bonchev–Trinajstić information content (AvgIpc) is 2.58. The van der Waals surface area contributed by atoms with E-state index in [2.05, 4.69) is 31.0 Å². The second-order valence-corrected chi connectivity index (χ2v) is 7.57. The molecule has 1 aliphatic rings. The maximum absolute atomic E-state index is 12.3. The maximum Gasteiger partial charge on any atom is 0.260 e. The van der Waals surface area contributed by atoms with Gasteiger partial charge in [-0.3, -0.25) is 4.79 Å². The number of likely N-dealkylation sites (tertiary alicyclic amines) is 1. The number of nitrogens with zero attached hydrogens (tertiary/aromatic N) is 1. The highest BCUT2D eigenvalue weighted by Gasteiger charge is 2.21. The fourth-order valence-electron chi connectivity index (χ4n) is 3.79. The fourth-order valence-corrected chi connectivity index (χ4v) is 3.79. The minimum Gasteiger partial charge on any atom is -0.481 e. The van der Waals surface area contributed by atoms with Crippen molar-refractivity contribution in [2.45, 2.75) is 53.1 Å². The summed E-state index contributed by atoms with van der Waals surface area (Å²) in [6, 6.07) is 7.92. The number of benzene rings is 1. The van der Waals surface area contributed by atoms with Crippen molar-refractivity contribution in [3.05, 3.63) is 29.8 Å². The second-order valence-electron chi connectivity index (χ2n) is 7.57. The summed E-state index contributed by atoms with van der Waals surface area (Å²) >= 11 is 0. The Balaban J connectivity index is 1.69. The van der Waals surface area contributed by atoms with Gasteiger partial charge in [-0.05, 0) is 56.2 Å². The van der Waals surface area contributed by atoms with Crippen LogP contribution in [0.5, 0.6) is 5.75 Å². The van der Waals surface area contributed by atoms with Gasteiger partial charge in [0.1, 0.15) is 5.75 Å². The molecule has 1 N–H and O–H groups in total. The first-order valence-electron chi connectivity index (χ1n) is 9.74. The molecule has 0 saturated carbocycles. The molecule has 1 aromatic rings. The number of ether oxygens (including phenoxy) is 1. The quantitative estimate of drug-likeness (QED) is 0.733. The molecule has 1 saturated heterocycles. The largest absolute Gasteiger partial charge is 0.481 e. The Morgan fingerprint density at radius 3 is 2.64 bits per heavy atom. The van der Waals surface area contributed by atoms with Crippen molar-refractivity contribution < 1.29 is 9.53 Å². The molecular formula is C21H34N2O2. The first-order valence-corrected chi connectivity index (χ1v) is 9.74. The molecule has 0 bridgehead atoms. The summed E-state index contributed by atoms with van der Waals surface area (Å²) < 4.78 is 5.85. The second kappa shape index (κ2) is 9.81. The van der Waals surface area contributed by atoms with Gasteiger partial charge in [0, 0.05) is 19.6 Å². The Labute approximate surface area is 152 Å². The molecule has 3 atom stereocenters. The van der Waals surface area contributed by atoms with Gasteiger partial charge >= 0.3 is 0 Å². The normalized spacial score (nSPS) is 22.4. The molecule has 0 radical (unpaired) electrons. The van der Waals surface area contributed by atoms with Crippen LogP contribution in [0.1, 0.15) is 46.1 Å². The standard InChI is InChI=1S/C21H34N2O2/c1-5-19-9-6-7-10-20(19)25-18(4)21(24)22-11-8-12-23-14-16(2)13-17(3)15-23/h6-7,9-10,16-18H,5,8,11-15H2,1-4H3,(H,22,24)/t16-,17+,18-/m0/s1. The van der Waals surface area contributed by atoms with E-state index in [1.165, 1.54) is 19.5 Å². The van der Waals surface area contributed by atoms with Crippen LogP contribution in [0.3, 0.4) is 0 Å². The van der Waals surface area contributed by atoms with Gasteiger partial charge in [0.2, 0.25) is 0 Å². The fraction of sp³-hybridized carbons (Fsp3) is 0.667. The molecule has 0 spiro atoms. The molecule has 140 valence electrons. The molecular weight excluding hydrogens is 312 g/mol. The lowest BCUT2D eigenvalue weighted by Gasteiger charge is -2.34. The Morgan fingerprint density at radius 1 is 1.28 bits per heavy atom. The maximum atomic E-state index is 12.3. The smallest absolute Gasteiger partial charge is 0.260 e. The average molecular weight is 347 g/mol. The third kappa shape index (κ3) is 6.35. The minimum atomic E-state index is -0.470. The molecule has 25 heavy (non-hydrogen) atoms. The Bertz CT molecular complexity index is 536. The number of carbonyl (C=O) groups is 1. The number of amides is 1. The molecule has 2 rings (SSSR count). The Hall–Kier alpha value is -1.55. The van der Waals surface area contributed by atoms with Crippen molar-refractivity contribution in [3.63, 3.8) is 0 Å². The van der Waals surface area contributed by atoms with Crippen molar-refractivity contribution in [1.29, 1.82) is 0 Å². The zero-order valence-electron chi connectivity index (χ0n) is 16.3. The number of aryl methyl sites for hydroxylation is 1. The third-order valence-electron chi connectivity index (χ3n) is 4.92. The monoisotopic (exact) mass is 346 g/mol. The van der Waals surface area contributed by atoms with Crippen LogP contribution in [0.25, 0.3) is 0 Å². The summed E-state index contributed by atoms with van der Waals surface area (Å²) in [6.07, 6.45) is 2.75. The summed E-state index contributed by atoms with van der Waals surface area (Å²) in [6.45, 7) is 12.7.